The number of fused-ring (bicyclic) bond motifs is 1. The lowest BCUT2D eigenvalue weighted by Crippen LogP contribution is -2.21. The van der Waals surface area contributed by atoms with Crippen LogP contribution in [0.5, 0.6) is 0 Å². The zero-order valence-corrected chi connectivity index (χ0v) is 15.8. The van der Waals surface area contributed by atoms with Crippen molar-refractivity contribution in [3.8, 4) is 5.69 Å². The highest BCUT2D eigenvalue weighted by molar-refractivity contribution is 5.83. The molecule has 0 aliphatic heterocycles. The second-order valence-electron chi connectivity index (χ2n) is 7.76. The van der Waals surface area contributed by atoms with Gasteiger partial charge in [-0.1, -0.05) is 32.9 Å². The van der Waals surface area contributed by atoms with Gasteiger partial charge in [0, 0.05) is 22.3 Å². The molecule has 0 bridgehead atoms. The topological polar surface area (TPSA) is 59.3 Å². The summed E-state index contributed by atoms with van der Waals surface area (Å²) in [7, 11) is 0. The number of aliphatic carboxylic acids is 1. The molecule has 0 aliphatic carbocycles. The average molecular weight is 367 g/mol. The molecule has 0 saturated carbocycles. The maximum Gasteiger partial charge on any atom is 0.308 e. The van der Waals surface area contributed by atoms with Gasteiger partial charge in [-0.2, -0.15) is 0 Å². The molecule has 3 rings (SSSR count). The van der Waals surface area contributed by atoms with Gasteiger partial charge < -0.3 is 9.67 Å². The monoisotopic (exact) mass is 367 g/mol. The minimum absolute atomic E-state index is 0.00319. The van der Waals surface area contributed by atoms with Crippen LogP contribution in [0, 0.1) is 12.7 Å². The van der Waals surface area contributed by atoms with Crippen LogP contribution in [-0.4, -0.2) is 15.6 Å². The van der Waals surface area contributed by atoms with Gasteiger partial charge >= 0.3 is 5.97 Å². The van der Waals surface area contributed by atoms with Gasteiger partial charge in [-0.05, 0) is 48.2 Å². The number of nitrogens with zero attached hydrogens (tertiary/aromatic N) is 1. The first-order chi connectivity index (χ1) is 12.6. The highest BCUT2D eigenvalue weighted by Crippen LogP contribution is 2.26. The van der Waals surface area contributed by atoms with Crippen molar-refractivity contribution >= 4 is 16.9 Å². The summed E-state index contributed by atoms with van der Waals surface area (Å²) in [5.41, 5.74) is 2.78. The number of carbonyl (C=O) groups is 1. The molecule has 0 fully saturated rings. The molecule has 0 aliphatic rings. The van der Waals surface area contributed by atoms with E-state index in [-0.39, 0.29) is 16.4 Å². The van der Waals surface area contributed by atoms with Gasteiger partial charge in [0.25, 0.3) is 0 Å². The van der Waals surface area contributed by atoms with E-state index in [4.69, 9.17) is 0 Å². The minimum Gasteiger partial charge on any atom is -0.481 e. The zero-order valence-electron chi connectivity index (χ0n) is 15.8. The third-order valence-corrected chi connectivity index (χ3v) is 4.81. The molecule has 3 aromatic rings. The fourth-order valence-electron chi connectivity index (χ4n) is 3.33. The van der Waals surface area contributed by atoms with Crippen LogP contribution in [0.15, 0.2) is 47.3 Å². The Kier molecular flexibility index (Phi) is 4.64. The van der Waals surface area contributed by atoms with Gasteiger partial charge in [0.2, 0.25) is 0 Å². The predicted octanol–water partition coefficient (Wildman–Crippen LogP) is 4.36. The Hall–Kier alpha value is -2.95. The van der Waals surface area contributed by atoms with Crippen LogP contribution in [0.3, 0.4) is 0 Å². The van der Waals surface area contributed by atoms with Crippen molar-refractivity contribution in [3.05, 3.63) is 75.3 Å². The molecule has 5 heteroatoms. The number of carboxylic acids is 1. The summed E-state index contributed by atoms with van der Waals surface area (Å²) in [5.74, 6) is -1.63. The number of aromatic nitrogens is 1. The zero-order chi connectivity index (χ0) is 19.9. The van der Waals surface area contributed by atoms with E-state index in [9.17, 15) is 19.1 Å². The molecule has 2 aromatic carbocycles. The summed E-state index contributed by atoms with van der Waals surface area (Å²) < 4.78 is 15.6. The first-order valence-corrected chi connectivity index (χ1v) is 8.76. The van der Waals surface area contributed by atoms with E-state index in [1.165, 1.54) is 12.1 Å². The number of hydrogen-bond donors (Lipinski definition) is 1. The van der Waals surface area contributed by atoms with Crippen molar-refractivity contribution in [1.29, 1.82) is 0 Å². The third-order valence-electron chi connectivity index (χ3n) is 4.81. The summed E-state index contributed by atoms with van der Waals surface area (Å²) in [6.45, 7) is 8.08. The van der Waals surface area contributed by atoms with Gasteiger partial charge in [0.1, 0.15) is 5.82 Å². The Balaban J connectivity index is 2.34. The van der Waals surface area contributed by atoms with Crippen LogP contribution in [0.1, 0.15) is 37.6 Å². The molecular weight excluding hydrogens is 345 g/mol. The SMILES string of the molecule is Cc1c(CC(=O)O)c(=O)c2cc(F)ccc2n1-c1ccc(C(C)(C)C)cc1. The number of pyridine rings is 1. The third kappa shape index (κ3) is 3.50. The van der Waals surface area contributed by atoms with E-state index < -0.39 is 23.6 Å². The lowest BCUT2D eigenvalue weighted by Gasteiger charge is -2.21. The summed E-state index contributed by atoms with van der Waals surface area (Å²) in [4.78, 5) is 24.0. The number of benzene rings is 2. The quantitative estimate of drug-likeness (QED) is 0.748. The highest BCUT2D eigenvalue weighted by atomic mass is 19.1. The number of carboxylic acid groups (broad SMARTS) is 1. The molecule has 4 nitrogen and oxygen atoms in total. The van der Waals surface area contributed by atoms with E-state index in [1.54, 1.807) is 13.0 Å². The number of rotatable bonds is 3. The molecule has 1 aromatic heterocycles. The van der Waals surface area contributed by atoms with Crippen LogP contribution in [0.4, 0.5) is 4.39 Å². The molecule has 1 N–H and O–H groups in total. The smallest absolute Gasteiger partial charge is 0.308 e. The molecule has 0 amide bonds. The van der Waals surface area contributed by atoms with E-state index in [0.717, 1.165) is 11.3 Å². The molecule has 0 radical (unpaired) electrons. The normalized spacial score (nSPS) is 11.7. The fourth-order valence-corrected chi connectivity index (χ4v) is 3.33. The lowest BCUT2D eigenvalue weighted by atomic mass is 9.87. The van der Waals surface area contributed by atoms with Crippen LogP contribution < -0.4 is 5.43 Å². The molecule has 0 saturated heterocycles. The highest BCUT2D eigenvalue weighted by Gasteiger charge is 2.19. The van der Waals surface area contributed by atoms with E-state index in [1.807, 2.05) is 28.8 Å². The minimum atomic E-state index is -1.10. The first-order valence-electron chi connectivity index (χ1n) is 8.76. The Morgan fingerprint density at radius 1 is 1.11 bits per heavy atom. The molecular formula is C22H22FNO3. The number of hydrogen-bond acceptors (Lipinski definition) is 2. The second kappa shape index (κ2) is 6.65. The molecule has 140 valence electrons. The molecule has 1 heterocycles. The van der Waals surface area contributed by atoms with Crippen LogP contribution >= 0.6 is 0 Å². The van der Waals surface area contributed by atoms with E-state index in [0.29, 0.717) is 11.2 Å². The van der Waals surface area contributed by atoms with Crippen molar-refractivity contribution in [2.24, 2.45) is 0 Å². The summed E-state index contributed by atoms with van der Waals surface area (Å²) in [6, 6.07) is 11.9. The van der Waals surface area contributed by atoms with Crippen molar-refractivity contribution in [2.45, 2.75) is 39.5 Å². The van der Waals surface area contributed by atoms with E-state index in [2.05, 4.69) is 20.8 Å². The van der Waals surface area contributed by atoms with Crippen LogP contribution in [-0.2, 0) is 16.6 Å². The van der Waals surface area contributed by atoms with Crippen molar-refractivity contribution in [3.63, 3.8) is 0 Å². The van der Waals surface area contributed by atoms with Crippen LogP contribution in [0.25, 0.3) is 16.6 Å². The lowest BCUT2D eigenvalue weighted by molar-refractivity contribution is -0.136. The summed E-state index contributed by atoms with van der Waals surface area (Å²) in [5, 5.41) is 9.39. The summed E-state index contributed by atoms with van der Waals surface area (Å²) in [6.07, 6.45) is -0.406. The van der Waals surface area contributed by atoms with Gasteiger partial charge in [-0.3, -0.25) is 9.59 Å². The van der Waals surface area contributed by atoms with Crippen molar-refractivity contribution in [1.82, 2.24) is 4.57 Å². The van der Waals surface area contributed by atoms with Gasteiger partial charge in [-0.15, -0.1) is 0 Å². The predicted molar refractivity (Wildman–Crippen MR) is 104 cm³/mol. The Labute approximate surface area is 156 Å². The largest absolute Gasteiger partial charge is 0.481 e. The Morgan fingerprint density at radius 3 is 2.30 bits per heavy atom. The maximum absolute atomic E-state index is 13.8. The fraction of sp³-hybridized carbons (Fsp3) is 0.273. The molecule has 0 atom stereocenters. The van der Waals surface area contributed by atoms with Gasteiger partial charge in [0.05, 0.1) is 11.9 Å². The van der Waals surface area contributed by atoms with Crippen molar-refractivity contribution in [2.75, 3.05) is 0 Å². The first kappa shape index (κ1) is 18.8. The molecule has 0 unspecified atom stereocenters. The molecule has 0 spiro atoms. The maximum atomic E-state index is 13.8. The van der Waals surface area contributed by atoms with Crippen molar-refractivity contribution < 1.29 is 14.3 Å². The average Bonchev–Trinajstić information content (AvgIpc) is 2.59. The van der Waals surface area contributed by atoms with E-state index >= 15 is 0 Å². The molecule has 27 heavy (non-hydrogen) atoms. The number of halogens is 1. The standard InChI is InChI=1S/C22H22FNO3/c1-13-17(12-20(25)26)21(27)18-11-15(23)7-10-19(18)24(13)16-8-5-14(6-9-16)22(2,3)4/h5-11H,12H2,1-4H3,(H,25,26). The second-order valence-corrected chi connectivity index (χ2v) is 7.76. The van der Waals surface area contributed by atoms with Gasteiger partial charge in [-0.25, -0.2) is 4.39 Å². The Morgan fingerprint density at radius 2 is 1.74 bits per heavy atom. The van der Waals surface area contributed by atoms with Gasteiger partial charge in [0.15, 0.2) is 5.43 Å². The van der Waals surface area contributed by atoms with Crippen LogP contribution in [0.2, 0.25) is 0 Å². The Bertz CT molecular complexity index is 1090. The summed E-state index contributed by atoms with van der Waals surface area (Å²) >= 11 is 0.